The lowest BCUT2D eigenvalue weighted by Gasteiger charge is -2.31. The number of amides is 1. The SMILES string of the molecule is COc1ccc(OCC(=O)N2CCC[C@@H]2c2nc3c(c(=O)[nH]2)CN(C(C)C)CC3)cc1. The monoisotopic (exact) mass is 426 g/mol. The molecule has 0 radical (unpaired) electrons. The third-order valence-electron chi connectivity index (χ3n) is 6.16. The minimum atomic E-state index is -0.215. The highest BCUT2D eigenvalue weighted by molar-refractivity contribution is 5.78. The first kappa shape index (κ1) is 21.4. The van der Waals surface area contributed by atoms with Crippen molar-refractivity contribution in [2.24, 2.45) is 0 Å². The Morgan fingerprint density at radius 1 is 1.23 bits per heavy atom. The second kappa shape index (κ2) is 9.09. The number of rotatable bonds is 6. The zero-order chi connectivity index (χ0) is 22.0. The summed E-state index contributed by atoms with van der Waals surface area (Å²) in [6.45, 7) is 6.37. The predicted octanol–water partition coefficient (Wildman–Crippen LogP) is 2.29. The molecule has 2 aliphatic heterocycles. The maximum absolute atomic E-state index is 12.9. The van der Waals surface area contributed by atoms with Gasteiger partial charge in [-0.1, -0.05) is 0 Å². The van der Waals surface area contributed by atoms with Gasteiger partial charge in [0.25, 0.3) is 11.5 Å². The average molecular weight is 427 g/mol. The first-order valence-corrected chi connectivity index (χ1v) is 10.9. The molecular formula is C23H30N4O4. The number of methoxy groups -OCH3 is 1. The number of fused-ring (bicyclic) bond motifs is 1. The highest BCUT2D eigenvalue weighted by atomic mass is 16.5. The number of benzene rings is 1. The summed E-state index contributed by atoms with van der Waals surface area (Å²) in [5.41, 5.74) is 1.53. The number of hydrogen-bond donors (Lipinski definition) is 1. The van der Waals surface area contributed by atoms with Crippen LogP contribution < -0.4 is 15.0 Å². The van der Waals surface area contributed by atoms with E-state index < -0.39 is 0 Å². The molecule has 1 aromatic heterocycles. The lowest BCUT2D eigenvalue weighted by Crippen LogP contribution is -2.41. The molecule has 0 saturated carbocycles. The third-order valence-corrected chi connectivity index (χ3v) is 6.16. The van der Waals surface area contributed by atoms with Gasteiger partial charge in [0.15, 0.2) is 6.61 Å². The van der Waals surface area contributed by atoms with E-state index in [0.717, 1.165) is 42.8 Å². The van der Waals surface area contributed by atoms with E-state index in [1.165, 1.54) is 0 Å². The number of carbonyl (C=O) groups is 1. The first-order chi connectivity index (χ1) is 15.0. The highest BCUT2D eigenvalue weighted by Crippen LogP contribution is 2.30. The minimum Gasteiger partial charge on any atom is -0.497 e. The van der Waals surface area contributed by atoms with E-state index in [0.29, 0.717) is 30.7 Å². The third kappa shape index (κ3) is 4.58. The fraction of sp³-hybridized carbons (Fsp3) is 0.522. The van der Waals surface area contributed by atoms with Crippen LogP contribution in [0.3, 0.4) is 0 Å². The van der Waals surface area contributed by atoms with Crippen molar-refractivity contribution in [1.29, 1.82) is 0 Å². The van der Waals surface area contributed by atoms with E-state index in [4.69, 9.17) is 14.5 Å². The molecule has 1 atom stereocenters. The number of aromatic nitrogens is 2. The van der Waals surface area contributed by atoms with Gasteiger partial charge in [-0.15, -0.1) is 0 Å². The molecule has 31 heavy (non-hydrogen) atoms. The Bertz CT molecular complexity index is 986. The van der Waals surface area contributed by atoms with Crippen molar-refractivity contribution < 1.29 is 14.3 Å². The van der Waals surface area contributed by atoms with Crippen LogP contribution in [0.5, 0.6) is 11.5 Å². The minimum absolute atomic E-state index is 0.0542. The van der Waals surface area contributed by atoms with Crippen molar-refractivity contribution >= 4 is 5.91 Å². The molecule has 0 aliphatic carbocycles. The quantitative estimate of drug-likeness (QED) is 0.763. The Labute approximate surface area is 182 Å². The molecule has 0 spiro atoms. The van der Waals surface area contributed by atoms with Gasteiger partial charge in [0.05, 0.1) is 24.4 Å². The van der Waals surface area contributed by atoms with E-state index in [-0.39, 0.29) is 24.1 Å². The summed E-state index contributed by atoms with van der Waals surface area (Å²) in [4.78, 5) is 37.5. The fourth-order valence-corrected chi connectivity index (χ4v) is 4.31. The summed E-state index contributed by atoms with van der Waals surface area (Å²) < 4.78 is 10.8. The number of ether oxygens (including phenoxy) is 2. The molecule has 1 fully saturated rings. The summed E-state index contributed by atoms with van der Waals surface area (Å²) in [5.74, 6) is 1.83. The Balaban J connectivity index is 1.46. The van der Waals surface area contributed by atoms with Gasteiger partial charge in [-0.2, -0.15) is 0 Å². The van der Waals surface area contributed by atoms with Crippen LogP contribution in [0.25, 0.3) is 0 Å². The van der Waals surface area contributed by atoms with Crippen LogP contribution in [0.15, 0.2) is 29.1 Å². The van der Waals surface area contributed by atoms with Crippen molar-refractivity contribution in [2.45, 2.75) is 51.7 Å². The summed E-state index contributed by atoms with van der Waals surface area (Å²) >= 11 is 0. The molecule has 1 amide bonds. The molecule has 1 saturated heterocycles. The van der Waals surface area contributed by atoms with Crippen LogP contribution in [-0.4, -0.2) is 58.5 Å². The Morgan fingerprint density at radius 3 is 2.68 bits per heavy atom. The molecule has 166 valence electrons. The summed E-state index contributed by atoms with van der Waals surface area (Å²) in [6.07, 6.45) is 2.42. The van der Waals surface area contributed by atoms with E-state index in [9.17, 15) is 9.59 Å². The molecule has 1 aromatic carbocycles. The number of nitrogens with one attached hydrogen (secondary N) is 1. The molecule has 8 heteroatoms. The summed E-state index contributed by atoms with van der Waals surface area (Å²) in [7, 11) is 1.60. The van der Waals surface area contributed by atoms with Gasteiger partial charge in [0.1, 0.15) is 17.3 Å². The molecular weight excluding hydrogens is 396 g/mol. The van der Waals surface area contributed by atoms with Gasteiger partial charge in [0, 0.05) is 32.1 Å². The normalized spacial score (nSPS) is 18.8. The standard InChI is InChI=1S/C23H30N4O4/c1-15(2)26-12-10-19-18(13-26)23(29)25-22(24-19)20-5-4-11-27(20)21(28)14-31-17-8-6-16(30-3)7-9-17/h6-9,15,20H,4-5,10-14H2,1-3H3,(H,24,25,29)/t20-/m1/s1. The van der Waals surface area contributed by atoms with Gasteiger partial charge in [-0.25, -0.2) is 4.98 Å². The van der Waals surface area contributed by atoms with Crippen LogP contribution in [0, 0.1) is 0 Å². The van der Waals surface area contributed by atoms with Crippen LogP contribution in [-0.2, 0) is 17.8 Å². The van der Waals surface area contributed by atoms with Crippen molar-refractivity contribution in [1.82, 2.24) is 19.8 Å². The Morgan fingerprint density at radius 2 is 1.97 bits per heavy atom. The van der Waals surface area contributed by atoms with Crippen molar-refractivity contribution in [3.8, 4) is 11.5 Å². The van der Waals surface area contributed by atoms with Gasteiger partial charge >= 0.3 is 0 Å². The number of aromatic amines is 1. The molecule has 2 aliphatic rings. The topological polar surface area (TPSA) is 87.8 Å². The van der Waals surface area contributed by atoms with E-state index >= 15 is 0 Å². The number of carbonyl (C=O) groups excluding carboxylic acids is 1. The average Bonchev–Trinajstić information content (AvgIpc) is 3.27. The van der Waals surface area contributed by atoms with E-state index in [1.54, 1.807) is 36.3 Å². The number of nitrogens with zero attached hydrogens (tertiary/aromatic N) is 3. The Hall–Kier alpha value is -2.87. The summed E-state index contributed by atoms with van der Waals surface area (Å²) in [6, 6.07) is 7.31. The number of likely N-dealkylation sites (tertiary alicyclic amines) is 1. The largest absolute Gasteiger partial charge is 0.497 e. The van der Waals surface area contributed by atoms with Gasteiger partial charge in [-0.05, 0) is 51.0 Å². The molecule has 1 N–H and O–H groups in total. The zero-order valence-corrected chi connectivity index (χ0v) is 18.4. The fourth-order valence-electron chi connectivity index (χ4n) is 4.31. The lowest BCUT2D eigenvalue weighted by molar-refractivity contribution is -0.134. The van der Waals surface area contributed by atoms with Crippen molar-refractivity contribution in [2.75, 3.05) is 26.8 Å². The van der Waals surface area contributed by atoms with Crippen molar-refractivity contribution in [3.05, 3.63) is 51.7 Å². The molecule has 2 aromatic rings. The number of hydrogen-bond acceptors (Lipinski definition) is 6. The zero-order valence-electron chi connectivity index (χ0n) is 18.4. The molecule has 0 unspecified atom stereocenters. The first-order valence-electron chi connectivity index (χ1n) is 10.9. The van der Waals surface area contributed by atoms with Crippen LogP contribution in [0.1, 0.15) is 49.8 Å². The van der Waals surface area contributed by atoms with E-state index in [2.05, 4.69) is 23.7 Å². The Kier molecular flexibility index (Phi) is 6.27. The van der Waals surface area contributed by atoms with Gasteiger partial charge in [0.2, 0.25) is 0 Å². The second-order valence-corrected chi connectivity index (χ2v) is 8.40. The molecule has 3 heterocycles. The highest BCUT2D eigenvalue weighted by Gasteiger charge is 2.33. The molecule has 0 bridgehead atoms. The van der Waals surface area contributed by atoms with E-state index in [1.807, 2.05) is 0 Å². The smallest absolute Gasteiger partial charge is 0.261 e. The predicted molar refractivity (Wildman–Crippen MR) is 116 cm³/mol. The molecule has 4 rings (SSSR count). The maximum atomic E-state index is 12.9. The summed E-state index contributed by atoms with van der Waals surface area (Å²) in [5, 5.41) is 0. The molecule has 8 nitrogen and oxygen atoms in total. The second-order valence-electron chi connectivity index (χ2n) is 8.40. The van der Waals surface area contributed by atoms with Crippen LogP contribution >= 0.6 is 0 Å². The lowest BCUT2D eigenvalue weighted by atomic mass is 10.0. The van der Waals surface area contributed by atoms with Gasteiger partial charge in [-0.3, -0.25) is 14.5 Å². The van der Waals surface area contributed by atoms with Crippen LogP contribution in [0.2, 0.25) is 0 Å². The number of H-pyrrole nitrogens is 1. The van der Waals surface area contributed by atoms with Gasteiger partial charge < -0.3 is 19.4 Å². The van der Waals surface area contributed by atoms with Crippen molar-refractivity contribution in [3.63, 3.8) is 0 Å². The maximum Gasteiger partial charge on any atom is 0.261 e. The van der Waals surface area contributed by atoms with Crippen LogP contribution in [0.4, 0.5) is 0 Å².